The molecule has 3 rings (SSSR count). The van der Waals surface area contributed by atoms with E-state index in [0.717, 1.165) is 16.6 Å². The van der Waals surface area contributed by atoms with E-state index in [1.807, 2.05) is 24.3 Å². The molecule has 106 valence electrons. The summed E-state index contributed by atoms with van der Waals surface area (Å²) in [7, 11) is 0. The highest BCUT2D eigenvalue weighted by molar-refractivity contribution is 5.75. The third-order valence-corrected chi connectivity index (χ3v) is 3.21. The molecule has 0 saturated heterocycles. The molecule has 0 amide bonds. The minimum absolute atomic E-state index is 0.296. The first-order valence-electron chi connectivity index (χ1n) is 6.60. The van der Waals surface area contributed by atoms with Gasteiger partial charge in [-0.2, -0.15) is 0 Å². The van der Waals surface area contributed by atoms with Crippen molar-refractivity contribution in [3.05, 3.63) is 65.6 Å². The summed E-state index contributed by atoms with van der Waals surface area (Å²) >= 11 is 0. The van der Waals surface area contributed by atoms with E-state index in [1.54, 1.807) is 18.3 Å². The molecule has 0 atom stereocenters. The van der Waals surface area contributed by atoms with Crippen molar-refractivity contribution >= 4 is 16.9 Å². The van der Waals surface area contributed by atoms with Crippen LogP contribution in [0.3, 0.4) is 0 Å². The topological polar surface area (TPSA) is 58.0 Å². The van der Waals surface area contributed by atoms with Crippen molar-refractivity contribution in [3.63, 3.8) is 0 Å². The summed E-state index contributed by atoms with van der Waals surface area (Å²) in [6, 6.07) is 12.4. The quantitative estimate of drug-likeness (QED) is 0.773. The summed E-state index contributed by atoms with van der Waals surface area (Å²) in [5, 5.41) is 12.1. The Balaban J connectivity index is 1.75. The number of fused-ring (bicyclic) bond motifs is 1. The van der Waals surface area contributed by atoms with Gasteiger partial charge in [0.1, 0.15) is 11.6 Å². The van der Waals surface area contributed by atoms with Crippen LogP contribution in [0.1, 0.15) is 11.1 Å². The van der Waals surface area contributed by atoms with E-state index in [0.29, 0.717) is 17.9 Å². The second kappa shape index (κ2) is 5.85. The molecule has 0 radical (unpaired) electrons. The molecule has 0 unspecified atom stereocenters. The number of aromatic nitrogens is 2. The van der Waals surface area contributed by atoms with E-state index in [2.05, 4.69) is 15.3 Å². The first-order valence-corrected chi connectivity index (χ1v) is 6.60. The fourth-order valence-electron chi connectivity index (χ4n) is 2.06. The lowest BCUT2D eigenvalue weighted by molar-refractivity contribution is 0.275. The number of nitrogens with zero attached hydrogens (tertiary/aromatic N) is 2. The average molecular weight is 283 g/mol. The van der Waals surface area contributed by atoms with Crippen LogP contribution in [-0.4, -0.2) is 15.1 Å². The van der Waals surface area contributed by atoms with Crippen molar-refractivity contribution in [2.24, 2.45) is 0 Å². The molecule has 0 aliphatic rings. The molecule has 1 aromatic heterocycles. The molecule has 0 saturated carbocycles. The van der Waals surface area contributed by atoms with Crippen molar-refractivity contribution in [2.75, 3.05) is 5.32 Å². The molecule has 0 aliphatic heterocycles. The van der Waals surface area contributed by atoms with Crippen molar-refractivity contribution < 1.29 is 9.50 Å². The molecule has 5 heteroatoms. The lowest BCUT2D eigenvalue weighted by Crippen LogP contribution is -2.03. The van der Waals surface area contributed by atoms with Gasteiger partial charge in [0.15, 0.2) is 0 Å². The fraction of sp³-hybridized carbons (Fsp3) is 0.125. The summed E-state index contributed by atoms with van der Waals surface area (Å²) < 4.78 is 13.6. The van der Waals surface area contributed by atoms with Crippen molar-refractivity contribution in [3.8, 4) is 0 Å². The maximum Gasteiger partial charge on any atom is 0.145 e. The lowest BCUT2D eigenvalue weighted by Gasteiger charge is -2.07. The first-order chi connectivity index (χ1) is 10.3. The Morgan fingerprint density at radius 2 is 1.90 bits per heavy atom. The molecule has 2 N–H and O–H groups in total. The molecule has 0 fully saturated rings. The monoisotopic (exact) mass is 283 g/mol. The molecular formula is C16H14FN3O. The highest BCUT2D eigenvalue weighted by Gasteiger charge is 2.03. The van der Waals surface area contributed by atoms with Crippen LogP contribution < -0.4 is 5.32 Å². The highest BCUT2D eigenvalue weighted by atomic mass is 19.1. The molecule has 0 spiro atoms. The van der Waals surface area contributed by atoms with Crippen LogP contribution >= 0.6 is 0 Å². The molecular weight excluding hydrogens is 269 g/mol. The minimum Gasteiger partial charge on any atom is -0.392 e. The number of hydrogen-bond acceptors (Lipinski definition) is 4. The van der Waals surface area contributed by atoms with Gasteiger partial charge in [-0.25, -0.2) is 9.37 Å². The number of anilines is 1. The standard InChI is InChI=1S/C16H14FN3O/c17-13-7-11(5-6-12(13)10-21)8-19-16-9-18-14-3-1-2-4-15(14)20-16/h1-7,9,21H,8,10H2,(H,19,20). The van der Waals surface area contributed by atoms with Crippen molar-refractivity contribution in [1.82, 2.24) is 9.97 Å². The van der Waals surface area contributed by atoms with Crippen LogP contribution in [0.4, 0.5) is 10.2 Å². The number of benzene rings is 2. The summed E-state index contributed by atoms with van der Waals surface area (Å²) in [6.07, 6.45) is 1.65. The van der Waals surface area contributed by atoms with Gasteiger partial charge in [-0.3, -0.25) is 4.98 Å². The van der Waals surface area contributed by atoms with Gasteiger partial charge >= 0.3 is 0 Å². The number of halogens is 1. The van der Waals surface area contributed by atoms with Crippen LogP contribution in [0.15, 0.2) is 48.7 Å². The molecule has 2 aromatic carbocycles. The van der Waals surface area contributed by atoms with E-state index in [4.69, 9.17) is 5.11 Å². The van der Waals surface area contributed by atoms with Gasteiger partial charge in [0, 0.05) is 12.1 Å². The zero-order chi connectivity index (χ0) is 14.7. The van der Waals surface area contributed by atoms with E-state index in [-0.39, 0.29) is 6.61 Å². The molecule has 4 nitrogen and oxygen atoms in total. The zero-order valence-corrected chi connectivity index (χ0v) is 11.3. The number of rotatable bonds is 4. The van der Waals surface area contributed by atoms with Gasteiger partial charge in [-0.1, -0.05) is 24.3 Å². The minimum atomic E-state index is -0.401. The van der Waals surface area contributed by atoms with Gasteiger partial charge < -0.3 is 10.4 Å². The maximum absolute atomic E-state index is 13.6. The highest BCUT2D eigenvalue weighted by Crippen LogP contribution is 2.14. The van der Waals surface area contributed by atoms with Crippen LogP contribution in [0.5, 0.6) is 0 Å². The average Bonchev–Trinajstić information content (AvgIpc) is 2.53. The van der Waals surface area contributed by atoms with E-state index >= 15 is 0 Å². The van der Waals surface area contributed by atoms with Crippen molar-refractivity contribution in [2.45, 2.75) is 13.2 Å². The number of nitrogens with one attached hydrogen (secondary N) is 1. The van der Waals surface area contributed by atoms with Crippen molar-refractivity contribution in [1.29, 1.82) is 0 Å². The number of para-hydroxylation sites is 2. The number of aliphatic hydroxyl groups is 1. The van der Waals surface area contributed by atoms with Gasteiger partial charge in [0.2, 0.25) is 0 Å². The Morgan fingerprint density at radius 3 is 2.67 bits per heavy atom. The number of aliphatic hydroxyl groups excluding tert-OH is 1. The van der Waals surface area contributed by atoms with Gasteiger partial charge in [0.05, 0.1) is 23.8 Å². The Kier molecular flexibility index (Phi) is 3.75. The summed E-state index contributed by atoms with van der Waals surface area (Å²) in [5.74, 6) is 0.238. The Bertz CT molecular complexity index is 776. The predicted molar refractivity (Wildman–Crippen MR) is 79.2 cm³/mol. The van der Waals surface area contributed by atoms with E-state index in [9.17, 15) is 4.39 Å². The third-order valence-electron chi connectivity index (χ3n) is 3.21. The van der Waals surface area contributed by atoms with E-state index < -0.39 is 5.82 Å². The first kappa shape index (κ1) is 13.5. The van der Waals surface area contributed by atoms with Gasteiger partial charge in [0.25, 0.3) is 0 Å². The molecule has 0 aliphatic carbocycles. The van der Waals surface area contributed by atoms with Crippen LogP contribution in [0.2, 0.25) is 0 Å². The lowest BCUT2D eigenvalue weighted by atomic mass is 10.1. The second-order valence-corrected chi connectivity index (χ2v) is 4.68. The van der Waals surface area contributed by atoms with Gasteiger partial charge in [-0.05, 0) is 23.8 Å². The normalized spacial score (nSPS) is 10.8. The molecule has 21 heavy (non-hydrogen) atoms. The fourth-order valence-corrected chi connectivity index (χ4v) is 2.06. The summed E-state index contributed by atoms with van der Waals surface area (Å²) in [6.45, 7) is 0.144. The van der Waals surface area contributed by atoms with Crippen LogP contribution in [-0.2, 0) is 13.2 Å². The van der Waals surface area contributed by atoms with E-state index in [1.165, 1.54) is 6.07 Å². The predicted octanol–water partition coefficient (Wildman–Crippen LogP) is 2.87. The Labute approximate surface area is 121 Å². The van der Waals surface area contributed by atoms with Crippen LogP contribution in [0.25, 0.3) is 11.0 Å². The Morgan fingerprint density at radius 1 is 1.10 bits per heavy atom. The zero-order valence-electron chi connectivity index (χ0n) is 11.3. The molecule has 0 bridgehead atoms. The SMILES string of the molecule is OCc1ccc(CNc2cnc3ccccc3n2)cc1F. The smallest absolute Gasteiger partial charge is 0.145 e. The third kappa shape index (κ3) is 2.98. The summed E-state index contributed by atoms with van der Waals surface area (Å²) in [5.41, 5.74) is 2.72. The van der Waals surface area contributed by atoms with Gasteiger partial charge in [-0.15, -0.1) is 0 Å². The molecule has 1 heterocycles. The largest absolute Gasteiger partial charge is 0.392 e. The number of hydrogen-bond donors (Lipinski definition) is 2. The second-order valence-electron chi connectivity index (χ2n) is 4.68. The maximum atomic E-state index is 13.6. The Hall–Kier alpha value is -2.53. The van der Waals surface area contributed by atoms with Crippen LogP contribution in [0, 0.1) is 5.82 Å². The summed E-state index contributed by atoms with van der Waals surface area (Å²) in [4.78, 5) is 8.75. The molecule has 3 aromatic rings.